The summed E-state index contributed by atoms with van der Waals surface area (Å²) in [6.07, 6.45) is 2.58. The lowest BCUT2D eigenvalue weighted by molar-refractivity contribution is 0.186. The number of hydrogen-bond acceptors (Lipinski definition) is 3. The van der Waals surface area contributed by atoms with Gasteiger partial charge in [0, 0.05) is 19.6 Å². The molecule has 0 fully saturated rings. The van der Waals surface area contributed by atoms with Crippen LogP contribution >= 0.6 is 0 Å². The van der Waals surface area contributed by atoms with Crippen LogP contribution in [0, 0.1) is 0 Å². The van der Waals surface area contributed by atoms with Crippen LogP contribution in [0.1, 0.15) is 30.6 Å². The maximum atomic E-state index is 10.5. The van der Waals surface area contributed by atoms with Crippen molar-refractivity contribution in [2.75, 3.05) is 33.3 Å². The van der Waals surface area contributed by atoms with Gasteiger partial charge in [-0.1, -0.05) is 48.5 Å². The first-order valence-corrected chi connectivity index (χ1v) is 9.81. The molecule has 2 N–H and O–H groups in total. The highest BCUT2D eigenvalue weighted by molar-refractivity contribution is 5.81. The van der Waals surface area contributed by atoms with Crippen molar-refractivity contribution in [1.82, 2.24) is 10.2 Å². The van der Waals surface area contributed by atoms with Crippen molar-refractivity contribution in [2.45, 2.75) is 19.4 Å². The molecule has 0 aromatic heterocycles. The molecule has 2 aromatic carbocycles. The second-order valence-electron chi connectivity index (χ2n) is 6.78. The van der Waals surface area contributed by atoms with E-state index in [0.29, 0.717) is 6.54 Å². The zero-order valence-electron chi connectivity index (χ0n) is 16.6. The molecule has 28 heavy (non-hydrogen) atoms. The summed E-state index contributed by atoms with van der Waals surface area (Å²) in [6, 6.07) is 18.0. The van der Waals surface area contributed by atoms with Crippen LogP contribution in [0.2, 0.25) is 0 Å². The number of hydrogen-bond donors (Lipinski definition) is 2. The molecule has 5 heteroatoms. The number of aliphatic hydroxyl groups is 1. The average Bonchev–Trinajstić information content (AvgIpc) is 2.77. The van der Waals surface area contributed by atoms with Gasteiger partial charge in [0.1, 0.15) is 5.75 Å². The lowest BCUT2D eigenvalue weighted by Gasteiger charge is -2.30. The Bertz CT molecular complexity index is 818. The number of methoxy groups -OCH3 is 1. The van der Waals surface area contributed by atoms with Gasteiger partial charge in [-0.15, -0.1) is 0 Å². The molecule has 1 heterocycles. The zero-order chi connectivity index (χ0) is 19.8. The Kier molecular flexibility index (Phi) is 7.09. The Balaban J connectivity index is 1.66. The summed E-state index contributed by atoms with van der Waals surface area (Å²) in [7, 11) is 1.63. The van der Waals surface area contributed by atoms with E-state index in [1.807, 2.05) is 30.3 Å². The van der Waals surface area contributed by atoms with Crippen molar-refractivity contribution in [1.29, 1.82) is 0 Å². The lowest BCUT2D eigenvalue weighted by Crippen LogP contribution is -2.43. The number of nitrogens with zero attached hydrogens (tertiary/aromatic N) is 2. The Morgan fingerprint density at radius 3 is 2.71 bits per heavy atom. The second-order valence-corrected chi connectivity index (χ2v) is 6.78. The van der Waals surface area contributed by atoms with E-state index in [-0.39, 0.29) is 0 Å². The van der Waals surface area contributed by atoms with Gasteiger partial charge >= 0.3 is 0 Å². The molecule has 3 rings (SSSR count). The first-order valence-electron chi connectivity index (χ1n) is 9.81. The average molecular weight is 380 g/mol. The Labute approximate surface area is 167 Å². The number of rotatable bonds is 6. The van der Waals surface area contributed by atoms with Crippen molar-refractivity contribution in [3.63, 3.8) is 0 Å². The smallest absolute Gasteiger partial charge is 0.194 e. The summed E-state index contributed by atoms with van der Waals surface area (Å²) < 4.78 is 5.24. The highest BCUT2D eigenvalue weighted by atomic mass is 16.5. The lowest BCUT2D eigenvalue weighted by atomic mass is 10.00. The van der Waals surface area contributed by atoms with Crippen LogP contribution in [-0.2, 0) is 0 Å². The maximum absolute atomic E-state index is 10.5. The number of guanidine groups is 1. The Morgan fingerprint density at radius 2 is 2.04 bits per heavy atom. The number of nitrogens with one attached hydrogen (secondary N) is 1. The molecule has 1 aliphatic heterocycles. The highest BCUT2D eigenvalue weighted by Gasteiger charge is 2.17. The van der Waals surface area contributed by atoms with Gasteiger partial charge in [-0.2, -0.15) is 0 Å². The zero-order valence-corrected chi connectivity index (χ0v) is 16.6. The molecule has 0 aliphatic carbocycles. The molecule has 0 spiro atoms. The van der Waals surface area contributed by atoms with Gasteiger partial charge in [0.2, 0.25) is 0 Å². The van der Waals surface area contributed by atoms with E-state index in [1.165, 1.54) is 11.1 Å². The van der Waals surface area contributed by atoms with E-state index in [9.17, 15) is 5.11 Å². The van der Waals surface area contributed by atoms with E-state index < -0.39 is 6.10 Å². The minimum absolute atomic E-state index is 0.307. The van der Waals surface area contributed by atoms with Gasteiger partial charge in [0.25, 0.3) is 0 Å². The number of ether oxygens (including phenoxy) is 1. The fraction of sp³-hybridized carbons (Fsp3) is 0.348. The van der Waals surface area contributed by atoms with Crippen LogP contribution in [0.15, 0.2) is 65.7 Å². The summed E-state index contributed by atoms with van der Waals surface area (Å²) in [5.74, 6) is 1.58. The first-order chi connectivity index (χ1) is 13.7. The van der Waals surface area contributed by atoms with Crippen molar-refractivity contribution >= 4 is 11.5 Å². The summed E-state index contributed by atoms with van der Waals surface area (Å²) in [4.78, 5) is 6.91. The van der Waals surface area contributed by atoms with E-state index in [4.69, 9.17) is 4.74 Å². The minimum Gasteiger partial charge on any atom is -0.497 e. The fourth-order valence-electron chi connectivity index (χ4n) is 3.33. The predicted octanol–water partition coefficient (Wildman–Crippen LogP) is 3.48. The molecule has 0 saturated carbocycles. The number of benzene rings is 2. The third-order valence-electron chi connectivity index (χ3n) is 4.88. The normalized spacial score (nSPS) is 15.8. The second kappa shape index (κ2) is 9.95. The van der Waals surface area contributed by atoms with Crippen LogP contribution in [-0.4, -0.2) is 49.3 Å². The van der Waals surface area contributed by atoms with E-state index >= 15 is 0 Å². The van der Waals surface area contributed by atoms with Crippen LogP contribution in [0.5, 0.6) is 5.75 Å². The molecule has 0 amide bonds. The predicted molar refractivity (Wildman–Crippen MR) is 115 cm³/mol. The number of aliphatic hydroxyl groups excluding tert-OH is 1. The molecule has 2 aromatic rings. The minimum atomic E-state index is -0.663. The molecule has 5 nitrogen and oxygen atoms in total. The summed E-state index contributed by atoms with van der Waals surface area (Å²) in [5.41, 5.74) is 3.48. The summed E-state index contributed by atoms with van der Waals surface area (Å²) in [5, 5.41) is 13.9. The van der Waals surface area contributed by atoms with E-state index in [2.05, 4.69) is 52.5 Å². The molecule has 0 saturated heterocycles. The number of aliphatic imine (C=N–C) groups is 1. The maximum Gasteiger partial charge on any atom is 0.194 e. The van der Waals surface area contributed by atoms with Crippen LogP contribution < -0.4 is 10.1 Å². The van der Waals surface area contributed by atoms with Gasteiger partial charge in [0.15, 0.2) is 5.96 Å². The van der Waals surface area contributed by atoms with Gasteiger partial charge in [-0.25, -0.2) is 0 Å². The van der Waals surface area contributed by atoms with Crippen LogP contribution in [0.4, 0.5) is 0 Å². The quantitative estimate of drug-likeness (QED) is 0.596. The Hall–Kier alpha value is -2.79. The van der Waals surface area contributed by atoms with Crippen molar-refractivity contribution in [3.05, 3.63) is 71.8 Å². The molecule has 1 aliphatic rings. The van der Waals surface area contributed by atoms with Crippen molar-refractivity contribution in [3.8, 4) is 5.75 Å². The Morgan fingerprint density at radius 1 is 1.21 bits per heavy atom. The van der Waals surface area contributed by atoms with Gasteiger partial charge in [-0.05, 0) is 42.2 Å². The van der Waals surface area contributed by atoms with E-state index in [1.54, 1.807) is 7.11 Å². The summed E-state index contributed by atoms with van der Waals surface area (Å²) >= 11 is 0. The van der Waals surface area contributed by atoms with E-state index in [0.717, 1.165) is 43.3 Å². The largest absolute Gasteiger partial charge is 0.497 e. The standard InChI is InChI=1S/C23H29N3O2/c1-3-24-23(25-17-22(27)20-10-7-11-21(16-20)28-2)26-14-12-19(13-15-26)18-8-5-4-6-9-18/h4-12,16,22,27H,3,13-15,17H2,1-2H3,(H,24,25). The molecule has 1 atom stereocenters. The molecular formula is C23H29N3O2. The molecule has 0 radical (unpaired) electrons. The molecule has 148 valence electrons. The fourth-order valence-corrected chi connectivity index (χ4v) is 3.33. The summed E-state index contributed by atoms with van der Waals surface area (Å²) in [6.45, 7) is 4.87. The van der Waals surface area contributed by atoms with Gasteiger partial charge in [-0.3, -0.25) is 4.99 Å². The van der Waals surface area contributed by atoms with Crippen molar-refractivity contribution in [2.24, 2.45) is 4.99 Å². The third-order valence-corrected chi connectivity index (χ3v) is 4.88. The van der Waals surface area contributed by atoms with Crippen LogP contribution in [0.3, 0.4) is 0 Å². The SMILES string of the molecule is CCNC(=NCC(O)c1cccc(OC)c1)N1CC=C(c2ccccc2)CC1. The third kappa shape index (κ3) is 5.14. The van der Waals surface area contributed by atoms with Crippen molar-refractivity contribution < 1.29 is 9.84 Å². The van der Waals surface area contributed by atoms with Gasteiger partial charge in [0.05, 0.1) is 19.8 Å². The monoisotopic (exact) mass is 379 g/mol. The first kappa shape index (κ1) is 20.0. The highest BCUT2D eigenvalue weighted by Crippen LogP contribution is 2.22. The molecule has 0 bridgehead atoms. The van der Waals surface area contributed by atoms with Crippen LogP contribution in [0.25, 0.3) is 5.57 Å². The molecule has 1 unspecified atom stereocenters. The van der Waals surface area contributed by atoms with Gasteiger partial charge < -0.3 is 20.1 Å². The topological polar surface area (TPSA) is 57.1 Å². The molecular weight excluding hydrogens is 350 g/mol.